The predicted octanol–water partition coefficient (Wildman–Crippen LogP) is 1.98. The molecule has 0 aromatic heterocycles. The highest BCUT2D eigenvalue weighted by molar-refractivity contribution is 5.98. The third kappa shape index (κ3) is 4.67. The molecule has 1 amide bonds. The van der Waals surface area contributed by atoms with Crippen LogP contribution in [0.3, 0.4) is 0 Å². The Labute approximate surface area is 142 Å². The number of carbonyl (C=O) groups is 2. The zero-order valence-electron chi connectivity index (χ0n) is 13.2. The van der Waals surface area contributed by atoms with E-state index in [-0.39, 0.29) is 16.9 Å². The topological polar surface area (TPSA) is 134 Å². The number of nitrogens with zero attached hydrogens (tertiary/aromatic N) is 1. The standard InChI is InChI=1S/C16H15N3O6/c1-24-12-5-2-10(3-6-12)18-15(20)9-25-16(21)13-8-11(19(22)23)4-7-14(13)17/h2-8H,9,17H2,1H3,(H,18,20). The first-order valence-electron chi connectivity index (χ1n) is 7.05. The molecule has 0 saturated carbocycles. The monoisotopic (exact) mass is 345 g/mol. The highest BCUT2D eigenvalue weighted by atomic mass is 16.6. The van der Waals surface area contributed by atoms with Crippen molar-refractivity contribution in [1.29, 1.82) is 0 Å². The molecule has 0 fully saturated rings. The van der Waals surface area contributed by atoms with Gasteiger partial charge in [0.25, 0.3) is 11.6 Å². The number of hydrogen-bond donors (Lipinski definition) is 2. The van der Waals surface area contributed by atoms with Gasteiger partial charge in [0.15, 0.2) is 6.61 Å². The van der Waals surface area contributed by atoms with E-state index in [4.69, 9.17) is 15.2 Å². The summed E-state index contributed by atoms with van der Waals surface area (Å²) in [7, 11) is 1.52. The molecule has 0 aliphatic heterocycles. The van der Waals surface area contributed by atoms with Crippen LogP contribution in [0, 0.1) is 10.1 Å². The summed E-state index contributed by atoms with van der Waals surface area (Å²) in [5, 5.41) is 13.3. The number of non-ortho nitro benzene ring substituents is 1. The predicted molar refractivity (Wildman–Crippen MR) is 89.4 cm³/mol. The second kappa shape index (κ2) is 7.77. The number of rotatable bonds is 6. The van der Waals surface area contributed by atoms with Gasteiger partial charge in [0.2, 0.25) is 0 Å². The molecule has 0 aliphatic rings. The summed E-state index contributed by atoms with van der Waals surface area (Å²) < 4.78 is 9.84. The molecule has 2 rings (SSSR count). The van der Waals surface area contributed by atoms with Gasteiger partial charge in [0, 0.05) is 23.5 Å². The van der Waals surface area contributed by atoms with Crippen molar-refractivity contribution in [2.24, 2.45) is 0 Å². The number of ether oxygens (including phenoxy) is 2. The third-order valence-electron chi connectivity index (χ3n) is 3.18. The number of hydrogen-bond acceptors (Lipinski definition) is 7. The summed E-state index contributed by atoms with van der Waals surface area (Å²) in [6.07, 6.45) is 0. The Hall–Kier alpha value is -3.62. The summed E-state index contributed by atoms with van der Waals surface area (Å²) in [6, 6.07) is 9.96. The summed E-state index contributed by atoms with van der Waals surface area (Å²) in [5.41, 5.74) is 5.65. The Morgan fingerprint density at radius 3 is 2.48 bits per heavy atom. The Morgan fingerprint density at radius 1 is 1.20 bits per heavy atom. The van der Waals surface area contributed by atoms with Gasteiger partial charge < -0.3 is 20.5 Å². The van der Waals surface area contributed by atoms with E-state index in [2.05, 4.69) is 5.32 Å². The lowest BCUT2D eigenvalue weighted by Crippen LogP contribution is -2.21. The van der Waals surface area contributed by atoms with E-state index in [1.807, 2.05) is 0 Å². The zero-order valence-corrected chi connectivity index (χ0v) is 13.2. The fraction of sp³-hybridized carbons (Fsp3) is 0.125. The first-order valence-corrected chi connectivity index (χ1v) is 7.05. The van der Waals surface area contributed by atoms with E-state index < -0.39 is 23.4 Å². The number of anilines is 2. The van der Waals surface area contributed by atoms with E-state index in [9.17, 15) is 19.7 Å². The first kappa shape index (κ1) is 17.7. The second-order valence-electron chi connectivity index (χ2n) is 4.88. The minimum absolute atomic E-state index is 0.0196. The van der Waals surface area contributed by atoms with Crippen molar-refractivity contribution in [3.05, 3.63) is 58.1 Å². The lowest BCUT2D eigenvalue weighted by atomic mass is 10.1. The zero-order chi connectivity index (χ0) is 18.4. The molecule has 0 aliphatic carbocycles. The van der Waals surface area contributed by atoms with Crippen LogP contribution in [-0.2, 0) is 9.53 Å². The van der Waals surface area contributed by atoms with Crippen molar-refractivity contribution < 1.29 is 24.0 Å². The van der Waals surface area contributed by atoms with Crippen LogP contribution in [0.2, 0.25) is 0 Å². The van der Waals surface area contributed by atoms with Crippen LogP contribution in [0.4, 0.5) is 17.1 Å². The molecule has 25 heavy (non-hydrogen) atoms. The highest BCUT2D eigenvalue weighted by Gasteiger charge is 2.17. The van der Waals surface area contributed by atoms with Crippen molar-refractivity contribution in [3.8, 4) is 5.75 Å². The van der Waals surface area contributed by atoms with Gasteiger partial charge in [0.1, 0.15) is 5.75 Å². The van der Waals surface area contributed by atoms with E-state index in [1.54, 1.807) is 24.3 Å². The van der Waals surface area contributed by atoms with Crippen LogP contribution in [-0.4, -0.2) is 30.5 Å². The van der Waals surface area contributed by atoms with E-state index in [0.717, 1.165) is 6.07 Å². The minimum Gasteiger partial charge on any atom is -0.497 e. The average molecular weight is 345 g/mol. The number of nitro groups is 1. The van der Waals surface area contributed by atoms with Crippen molar-refractivity contribution in [3.63, 3.8) is 0 Å². The molecule has 2 aromatic rings. The van der Waals surface area contributed by atoms with Gasteiger partial charge in [-0.3, -0.25) is 14.9 Å². The van der Waals surface area contributed by atoms with Gasteiger partial charge in [-0.15, -0.1) is 0 Å². The van der Waals surface area contributed by atoms with Crippen molar-refractivity contribution in [2.45, 2.75) is 0 Å². The fourth-order valence-corrected chi connectivity index (χ4v) is 1.91. The van der Waals surface area contributed by atoms with Crippen molar-refractivity contribution >= 4 is 28.9 Å². The van der Waals surface area contributed by atoms with Crippen LogP contribution in [0.25, 0.3) is 0 Å². The largest absolute Gasteiger partial charge is 0.497 e. The third-order valence-corrected chi connectivity index (χ3v) is 3.18. The molecule has 0 unspecified atom stereocenters. The van der Waals surface area contributed by atoms with Crippen molar-refractivity contribution in [2.75, 3.05) is 24.8 Å². The van der Waals surface area contributed by atoms with Crippen LogP contribution in [0.5, 0.6) is 5.75 Å². The van der Waals surface area contributed by atoms with E-state index >= 15 is 0 Å². The fourth-order valence-electron chi connectivity index (χ4n) is 1.91. The first-order chi connectivity index (χ1) is 11.9. The summed E-state index contributed by atoms with van der Waals surface area (Å²) in [4.78, 5) is 33.8. The number of nitrogens with one attached hydrogen (secondary N) is 1. The Balaban J connectivity index is 1.96. The number of nitro benzene ring substituents is 1. The lowest BCUT2D eigenvalue weighted by molar-refractivity contribution is -0.384. The molecule has 0 bridgehead atoms. The maximum Gasteiger partial charge on any atom is 0.341 e. The van der Waals surface area contributed by atoms with Crippen LogP contribution in [0.1, 0.15) is 10.4 Å². The SMILES string of the molecule is COc1ccc(NC(=O)COC(=O)c2cc([N+](=O)[O-])ccc2N)cc1. The number of benzene rings is 2. The Morgan fingerprint density at radius 2 is 1.88 bits per heavy atom. The molecule has 9 heteroatoms. The summed E-state index contributed by atoms with van der Waals surface area (Å²) >= 11 is 0. The normalized spacial score (nSPS) is 9.96. The maximum absolute atomic E-state index is 12.0. The molecule has 0 heterocycles. The molecule has 0 spiro atoms. The van der Waals surface area contributed by atoms with Crippen LogP contribution < -0.4 is 15.8 Å². The van der Waals surface area contributed by atoms with Gasteiger partial charge in [-0.2, -0.15) is 0 Å². The highest BCUT2D eigenvalue weighted by Crippen LogP contribution is 2.20. The van der Waals surface area contributed by atoms with E-state index in [0.29, 0.717) is 11.4 Å². The molecular weight excluding hydrogens is 330 g/mol. The van der Waals surface area contributed by atoms with Crippen molar-refractivity contribution in [1.82, 2.24) is 0 Å². The number of esters is 1. The number of carbonyl (C=O) groups excluding carboxylic acids is 2. The number of nitrogens with two attached hydrogens (primary N) is 1. The molecule has 0 radical (unpaired) electrons. The summed E-state index contributed by atoms with van der Waals surface area (Å²) in [6.45, 7) is -0.563. The maximum atomic E-state index is 12.0. The van der Waals surface area contributed by atoms with E-state index in [1.165, 1.54) is 19.2 Å². The van der Waals surface area contributed by atoms with Gasteiger partial charge in [-0.25, -0.2) is 4.79 Å². The average Bonchev–Trinajstić information content (AvgIpc) is 2.60. The molecule has 130 valence electrons. The molecular formula is C16H15N3O6. The van der Waals surface area contributed by atoms with Gasteiger partial charge in [0.05, 0.1) is 17.6 Å². The van der Waals surface area contributed by atoms with Gasteiger partial charge in [-0.05, 0) is 30.3 Å². The number of methoxy groups -OCH3 is 1. The molecule has 3 N–H and O–H groups in total. The second-order valence-corrected chi connectivity index (χ2v) is 4.88. The number of nitrogen functional groups attached to an aromatic ring is 1. The molecule has 0 atom stereocenters. The van der Waals surface area contributed by atoms with Gasteiger partial charge >= 0.3 is 5.97 Å². The number of amides is 1. The quantitative estimate of drug-likeness (QED) is 0.354. The lowest BCUT2D eigenvalue weighted by Gasteiger charge is -2.08. The molecule has 9 nitrogen and oxygen atoms in total. The summed E-state index contributed by atoms with van der Waals surface area (Å²) in [5.74, 6) is -0.862. The van der Waals surface area contributed by atoms with Gasteiger partial charge in [-0.1, -0.05) is 0 Å². The molecule has 2 aromatic carbocycles. The Bertz CT molecular complexity index is 804. The minimum atomic E-state index is -0.925. The Kier molecular flexibility index (Phi) is 5.51. The van der Waals surface area contributed by atoms with Crippen LogP contribution in [0.15, 0.2) is 42.5 Å². The molecule has 0 saturated heterocycles. The smallest absolute Gasteiger partial charge is 0.341 e. The van der Waals surface area contributed by atoms with Crippen LogP contribution >= 0.6 is 0 Å².